The van der Waals surface area contributed by atoms with Gasteiger partial charge in [-0.25, -0.2) is 0 Å². The van der Waals surface area contributed by atoms with Crippen LogP contribution < -0.4 is 0 Å². The van der Waals surface area contributed by atoms with E-state index in [0.717, 1.165) is 32.4 Å². The molecule has 0 N–H and O–H groups in total. The first-order valence-electron chi connectivity index (χ1n) is 8.28. The van der Waals surface area contributed by atoms with Gasteiger partial charge in [0.05, 0.1) is 13.2 Å². The predicted molar refractivity (Wildman–Crippen MR) is 80.8 cm³/mol. The van der Waals surface area contributed by atoms with E-state index in [0.29, 0.717) is 32.7 Å². The molecule has 120 valence electrons. The van der Waals surface area contributed by atoms with Crippen molar-refractivity contribution in [3.63, 3.8) is 0 Å². The molecule has 0 aromatic heterocycles. The van der Waals surface area contributed by atoms with Crippen LogP contribution in [0, 0.1) is 11.8 Å². The Morgan fingerprint density at radius 2 is 1.57 bits per heavy atom. The Kier molecular flexibility index (Phi) is 6.03. The van der Waals surface area contributed by atoms with Crippen molar-refractivity contribution in [3.8, 4) is 0 Å². The molecular formula is C16H28N2O3. The van der Waals surface area contributed by atoms with E-state index in [1.165, 1.54) is 0 Å². The van der Waals surface area contributed by atoms with Crippen molar-refractivity contribution in [1.29, 1.82) is 0 Å². The fourth-order valence-electron chi connectivity index (χ4n) is 3.26. The van der Waals surface area contributed by atoms with Gasteiger partial charge in [-0.15, -0.1) is 0 Å². The van der Waals surface area contributed by atoms with Gasteiger partial charge in [-0.2, -0.15) is 0 Å². The van der Waals surface area contributed by atoms with E-state index in [1.54, 1.807) is 0 Å². The molecule has 21 heavy (non-hydrogen) atoms. The molecule has 2 heterocycles. The SMILES string of the molecule is CCC(CC(C)C(=O)N1CCCC1)C(=O)N1CCOCC1. The molecule has 2 atom stereocenters. The summed E-state index contributed by atoms with van der Waals surface area (Å²) in [7, 11) is 0. The summed E-state index contributed by atoms with van der Waals surface area (Å²) >= 11 is 0. The number of rotatable bonds is 5. The number of nitrogens with zero attached hydrogens (tertiary/aromatic N) is 2. The molecule has 2 aliphatic rings. The van der Waals surface area contributed by atoms with Crippen molar-refractivity contribution in [1.82, 2.24) is 9.80 Å². The van der Waals surface area contributed by atoms with Crippen LogP contribution in [0.5, 0.6) is 0 Å². The van der Waals surface area contributed by atoms with Crippen molar-refractivity contribution >= 4 is 11.8 Å². The lowest BCUT2D eigenvalue weighted by Gasteiger charge is -2.31. The Balaban J connectivity index is 1.87. The third kappa shape index (κ3) is 4.19. The zero-order chi connectivity index (χ0) is 15.2. The number of hydrogen-bond acceptors (Lipinski definition) is 3. The molecule has 0 spiro atoms. The second kappa shape index (κ2) is 7.78. The fourth-order valence-corrected chi connectivity index (χ4v) is 3.26. The average Bonchev–Trinajstić information content (AvgIpc) is 3.06. The summed E-state index contributed by atoms with van der Waals surface area (Å²) in [4.78, 5) is 28.8. The summed E-state index contributed by atoms with van der Waals surface area (Å²) in [6.07, 6.45) is 3.70. The average molecular weight is 296 g/mol. The first-order chi connectivity index (χ1) is 10.1. The highest BCUT2D eigenvalue weighted by Gasteiger charge is 2.30. The minimum Gasteiger partial charge on any atom is -0.378 e. The number of carbonyl (C=O) groups is 2. The van der Waals surface area contributed by atoms with Crippen LogP contribution >= 0.6 is 0 Å². The van der Waals surface area contributed by atoms with Crippen LogP contribution in [0.15, 0.2) is 0 Å². The highest BCUT2D eigenvalue weighted by molar-refractivity contribution is 5.82. The minimum absolute atomic E-state index is 0.0374. The van der Waals surface area contributed by atoms with Crippen LogP contribution in [0.25, 0.3) is 0 Å². The van der Waals surface area contributed by atoms with Crippen molar-refractivity contribution in [3.05, 3.63) is 0 Å². The number of carbonyl (C=O) groups excluding carboxylic acids is 2. The van der Waals surface area contributed by atoms with Gasteiger partial charge in [-0.1, -0.05) is 13.8 Å². The molecule has 0 saturated carbocycles. The molecule has 0 aromatic carbocycles. The highest BCUT2D eigenvalue weighted by Crippen LogP contribution is 2.22. The molecule has 0 radical (unpaired) electrons. The second-order valence-corrected chi connectivity index (χ2v) is 6.21. The summed E-state index contributed by atoms with van der Waals surface area (Å²) in [6.45, 7) is 8.41. The molecule has 2 unspecified atom stereocenters. The Hall–Kier alpha value is -1.10. The van der Waals surface area contributed by atoms with Crippen molar-refractivity contribution in [2.24, 2.45) is 11.8 Å². The molecule has 2 fully saturated rings. The molecule has 0 aromatic rings. The zero-order valence-electron chi connectivity index (χ0n) is 13.3. The lowest BCUT2D eigenvalue weighted by Crippen LogP contribution is -2.44. The number of morpholine rings is 1. The van der Waals surface area contributed by atoms with Crippen LogP contribution in [-0.2, 0) is 14.3 Å². The van der Waals surface area contributed by atoms with E-state index in [2.05, 4.69) is 0 Å². The molecular weight excluding hydrogens is 268 g/mol. The van der Waals surface area contributed by atoms with Crippen molar-refractivity contribution in [2.45, 2.75) is 39.5 Å². The molecule has 0 bridgehead atoms. The molecule has 0 aliphatic carbocycles. The molecule has 2 rings (SSSR count). The van der Waals surface area contributed by atoms with Crippen LogP contribution in [0.2, 0.25) is 0 Å². The van der Waals surface area contributed by atoms with Gasteiger partial charge in [0.2, 0.25) is 11.8 Å². The zero-order valence-corrected chi connectivity index (χ0v) is 13.3. The molecule has 2 saturated heterocycles. The first kappa shape index (κ1) is 16.3. The summed E-state index contributed by atoms with van der Waals surface area (Å²) < 4.78 is 5.30. The van der Waals surface area contributed by atoms with Gasteiger partial charge < -0.3 is 14.5 Å². The molecule has 5 nitrogen and oxygen atoms in total. The number of likely N-dealkylation sites (tertiary alicyclic amines) is 1. The Morgan fingerprint density at radius 1 is 1.00 bits per heavy atom. The van der Waals surface area contributed by atoms with Gasteiger partial charge in [-0.05, 0) is 25.7 Å². The smallest absolute Gasteiger partial charge is 0.225 e. The van der Waals surface area contributed by atoms with Gasteiger partial charge in [0, 0.05) is 38.0 Å². The lowest BCUT2D eigenvalue weighted by molar-refractivity contribution is -0.141. The van der Waals surface area contributed by atoms with Crippen molar-refractivity contribution < 1.29 is 14.3 Å². The summed E-state index contributed by atoms with van der Waals surface area (Å²) in [6, 6.07) is 0. The Labute approximate surface area is 127 Å². The van der Waals surface area contributed by atoms with E-state index in [9.17, 15) is 9.59 Å². The molecule has 2 amide bonds. The topological polar surface area (TPSA) is 49.9 Å². The number of ether oxygens (including phenoxy) is 1. The van der Waals surface area contributed by atoms with E-state index >= 15 is 0 Å². The predicted octanol–water partition coefficient (Wildman–Crippen LogP) is 1.52. The first-order valence-corrected chi connectivity index (χ1v) is 8.28. The normalized spacial score (nSPS) is 22.2. The minimum atomic E-state index is -0.0574. The molecule has 2 aliphatic heterocycles. The largest absolute Gasteiger partial charge is 0.378 e. The second-order valence-electron chi connectivity index (χ2n) is 6.21. The van der Waals surface area contributed by atoms with Gasteiger partial charge >= 0.3 is 0 Å². The van der Waals surface area contributed by atoms with Gasteiger partial charge in [-0.3, -0.25) is 9.59 Å². The van der Waals surface area contributed by atoms with Crippen LogP contribution in [-0.4, -0.2) is 61.0 Å². The van der Waals surface area contributed by atoms with Crippen LogP contribution in [0.3, 0.4) is 0 Å². The molecule has 5 heteroatoms. The van der Waals surface area contributed by atoms with Gasteiger partial charge in [0.15, 0.2) is 0 Å². The third-order valence-corrected chi connectivity index (χ3v) is 4.64. The number of hydrogen-bond donors (Lipinski definition) is 0. The van der Waals surface area contributed by atoms with E-state index in [4.69, 9.17) is 4.74 Å². The lowest BCUT2D eigenvalue weighted by atomic mass is 9.91. The quantitative estimate of drug-likeness (QED) is 0.773. The maximum Gasteiger partial charge on any atom is 0.225 e. The maximum atomic E-state index is 12.6. The van der Waals surface area contributed by atoms with Gasteiger partial charge in [0.25, 0.3) is 0 Å². The van der Waals surface area contributed by atoms with E-state index in [-0.39, 0.29) is 23.7 Å². The van der Waals surface area contributed by atoms with Crippen LogP contribution in [0.4, 0.5) is 0 Å². The number of amides is 2. The Bertz CT molecular complexity index is 361. The summed E-state index contributed by atoms with van der Waals surface area (Å²) in [5, 5.41) is 0. The van der Waals surface area contributed by atoms with Crippen LogP contribution in [0.1, 0.15) is 39.5 Å². The maximum absolute atomic E-state index is 12.6. The van der Waals surface area contributed by atoms with E-state index < -0.39 is 0 Å². The monoisotopic (exact) mass is 296 g/mol. The van der Waals surface area contributed by atoms with E-state index in [1.807, 2.05) is 23.6 Å². The van der Waals surface area contributed by atoms with Gasteiger partial charge in [0.1, 0.15) is 0 Å². The summed E-state index contributed by atoms with van der Waals surface area (Å²) in [5.41, 5.74) is 0. The standard InChI is InChI=1S/C16H28N2O3/c1-3-14(16(20)18-8-10-21-11-9-18)12-13(2)15(19)17-6-4-5-7-17/h13-14H,3-12H2,1-2H3. The summed E-state index contributed by atoms with van der Waals surface area (Å²) in [5.74, 6) is 0.324. The van der Waals surface area contributed by atoms with Crippen molar-refractivity contribution in [2.75, 3.05) is 39.4 Å². The Morgan fingerprint density at radius 3 is 2.14 bits per heavy atom. The third-order valence-electron chi connectivity index (χ3n) is 4.64. The fraction of sp³-hybridized carbons (Fsp3) is 0.875. The highest BCUT2D eigenvalue weighted by atomic mass is 16.5.